The van der Waals surface area contributed by atoms with Crippen LogP contribution in [-0.2, 0) is 15.9 Å². The standard InChI is InChI=1S/C28H50O2S.H3O4P/c1-2-3-4-5-6-7-8-9-10-11-12-13-14-15-16-20-23-31-26-28(24-29)30-25-27-21-18-17-19-22-27;1-5(2,3)4/h17-19,21-22,28-29H,2-16,20,23-26H2,1H3;(H3,1,2,3,4). The fourth-order valence-electron chi connectivity index (χ4n) is 3.91. The van der Waals surface area contributed by atoms with Gasteiger partial charge in [0.25, 0.3) is 0 Å². The van der Waals surface area contributed by atoms with Gasteiger partial charge in [0, 0.05) is 5.75 Å². The second-order valence-electron chi connectivity index (χ2n) is 9.49. The molecule has 1 rings (SSSR count). The van der Waals surface area contributed by atoms with Gasteiger partial charge in [0.1, 0.15) is 0 Å². The third-order valence-electron chi connectivity index (χ3n) is 5.98. The van der Waals surface area contributed by atoms with Crippen molar-refractivity contribution >= 4 is 19.6 Å². The zero-order valence-electron chi connectivity index (χ0n) is 22.6. The summed E-state index contributed by atoms with van der Waals surface area (Å²) in [6, 6.07) is 10.2. The fourth-order valence-corrected chi connectivity index (χ4v) is 4.95. The van der Waals surface area contributed by atoms with Crippen molar-refractivity contribution in [2.24, 2.45) is 0 Å². The summed E-state index contributed by atoms with van der Waals surface area (Å²) in [7, 11) is -4.64. The molecule has 1 atom stereocenters. The van der Waals surface area contributed by atoms with Gasteiger partial charge in [0.2, 0.25) is 0 Å². The van der Waals surface area contributed by atoms with Crippen LogP contribution in [0, 0.1) is 0 Å². The Labute approximate surface area is 224 Å². The Bertz CT molecular complexity index is 605. The third-order valence-corrected chi connectivity index (χ3v) is 7.16. The van der Waals surface area contributed by atoms with E-state index in [9.17, 15) is 5.11 Å². The lowest BCUT2D eigenvalue weighted by Crippen LogP contribution is -2.20. The molecule has 1 unspecified atom stereocenters. The average molecular weight is 549 g/mol. The summed E-state index contributed by atoms with van der Waals surface area (Å²) in [5, 5.41) is 9.51. The maximum Gasteiger partial charge on any atom is 0.466 e. The minimum Gasteiger partial charge on any atom is -0.394 e. The normalized spacial score (nSPS) is 12.2. The van der Waals surface area contributed by atoms with Gasteiger partial charge in [-0.25, -0.2) is 4.57 Å². The quantitative estimate of drug-likeness (QED) is 0.0822. The number of aliphatic hydroxyl groups is 1. The molecule has 0 amide bonds. The number of unbranched alkanes of at least 4 members (excludes halogenated alkanes) is 15. The second-order valence-corrected chi connectivity index (χ2v) is 11.7. The van der Waals surface area contributed by atoms with Gasteiger partial charge in [0.05, 0.1) is 19.3 Å². The molecular formula is C28H53O6PS. The summed E-state index contributed by atoms with van der Waals surface area (Å²) in [6.07, 6.45) is 22.6. The number of benzene rings is 1. The first-order valence-corrected chi connectivity index (χ1v) is 16.7. The molecule has 8 heteroatoms. The Balaban J connectivity index is 0.00000222. The lowest BCUT2D eigenvalue weighted by atomic mass is 10.0. The van der Waals surface area contributed by atoms with E-state index in [4.69, 9.17) is 24.0 Å². The van der Waals surface area contributed by atoms with Crippen LogP contribution < -0.4 is 0 Å². The molecule has 0 aromatic heterocycles. The van der Waals surface area contributed by atoms with Crippen molar-refractivity contribution in [2.45, 2.75) is 122 Å². The highest BCUT2D eigenvalue weighted by atomic mass is 32.2. The molecule has 0 radical (unpaired) electrons. The second kappa shape index (κ2) is 26.2. The van der Waals surface area contributed by atoms with E-state index in [1.165, 1.54) is 114 Å². The molecule has 212 valence electrons. The summed E-state index contributed by atoms with van der Waals surface area (Å²) < 4.78 is 14.7. The van der Waals surface area contributed by atoms with Gasteiger partial charge in [-0.2, -0.15) is 11.8 Å². The van der Waals surface area contributed by atoms with Crippen LogP contribution in [0.2, 0.25) is 0 Å². The first kappa shape index (κ1) is 35.6. The molecule has 0 bridgehead atoms. The minimum absolute atomic E-state index is 0.0498. The zero-order chi connectivity index (χ0) is 26.7. The highest BCUT2D eigenvalue weighted by Gasteiger charge is 2.08. The predicted octanol–water partition coefficient (Wildman–Crippen LogP) is 7.63. The van der Waals surface area contributed by atoms with Crippen LogP contribution in [0.4, 0.5) is 0 Å². The molecule has 0 fully saturated rings. The molecule has 0 spiro atoms. The molecule has 36 heavy (non-hydrogen) atoms. The molecule has 0 heterocycles. The van der Waals surface area contributed by atoms with Crippen molar-refractivity contribution in [3.63, 3.8) is 0 Å². The molecule has 0 aliphatic carbocycles. The van der Waals surface area contributed by atoms with Crippen molar-refractivity contribution in [1.82, 2.24) is 0 Å². The Hall–Kier alpha value is -0.400. The molecule has 6 nitrogen and oxygen atoms in total. The summed E-state index contributed by atoms with van der Waals surface area (Å²) in [6.45, 7) is 2.99. The SMILES string of the molecule is CCCCCCCCCCCCCCCCCCSCC(CO)OCc1ccccc1.O=P(O)(O)O. The first-order valence-electron chi connectivity index (χ1n) is 14.0. The summed E-state index contributed by atoms with van der Waals surface area (Å²) in [4.78, 5) is 21.6. The Morgan fingerprint density at radius 1 is 0.750 bits per heavy atom. The van der Waals surface area contributed by atoms with Crippen molar-refractivity contribution in [1.29, 1.82) is 0 Å². The molecule has 0 aliphatic heterocycles. The van der Waals surface area contributed by atoms with E-state index in [-0.39, 0.29) is 12.7 Å². The van der Waals surface area contributed by atoms with Crippen LogP contribution >= 0.6 is 19.6 Å². The van der Waals surface area contributed by atoms with E-state index in [0.717, 1.165) is 5.75 Å². The zero-order valence-corrected chi connectivity index (χ0v) is 24.3. The van der Waals surface area contributed by atoms with Crippen LogP contribution in [0.1, 0.15) is 115 Å². The van der Waals surface area contributed by atoms with Gasteiger partial charge in [0.15, 0.2) is 0 Å². The smallest absolute Gasteiger partial charge is 0.394 e. The minimum atomic E-state index is -4.64. The van der Waals surface area contributed by atoms with Gasteiger partial charge in [-0.15, -0.1) is 0 Å². The number of hydrogen-bond donors (Lipinski definition) is 4. The molecule has 1 aromatic carbocycles. The van der Waals surface area contributed by atoms with E-state index >= 15 is 0 Å². The number of thioether (sulfide) groups is 1. The Morgan fingerprint density at radius 3 is 1.58 bits per heavy atom. The molecule has 0 saturated heterocycles. The molecule has 1 aromatic rings. The number of phosphoric acid groups is 1. The Kier molecular flexibility index (Phi) is 25.9. The molecule has 4 N–H and O–H groups in total. The maximum atomic E-state index is 9.51. The maximum absolute atomic E-state index is 9.51. The summed E-state index contributed by atoms with van der Waals surface area (Å²) in [5.74, 6) is 2.08. The molecule has 0 saturated carbocycles. The van der Waals surface area contributed by atoms with E-state index in [2.05, 4.69) is 19.1 Å². The predicted molar refractivity (Wildman–Crippen MR) is 153 cm³/mol. The van der Waals surface area contributed by atoms with Gasteiger partial charge < -0.3 is 24.5 Å². The molecular weight excluding hydrogens is 495 g/mol. The molecule has 0 aliphatic rings. The summed E-state index contributed by atoms with van der Waals surface area (Å²) >= 11 is 1.92. The monoisotopic (exact) mass is 548 g/mol. The number of rotatable bonds is 23. The third kappa shape index (κ3) is 29.8. The van der Waals surface area contributed by atoms with Crippen LogP contribution in [0.25, 0.3) is 0 Å². The Morgan fingerprint density at radius 2 is 1.17 bits per heavy atom. The van der Waals surface area contributed by atoms with Crippen molar-refractivity contribution in [2.75, 3.05) is 18.1 Å². The highest BCUT2D eigenvalue weighted by Crippen LogP contribution is 2.25. The van der Waals surface area contributed by atoms with Gasteiger partial charge in [-0.05, 0) is 17.7 Å². The van der Waals surface area contributed by atoms with Crippen molar-refractivity contribution < 1.29 is 29.1 Å². The fraction of sp³-hybridized carbons (Fsp3) is 0.786. The van der Waals surface area contributed by atoms with Gasteiger partial charge >= 0.3 is 7.82 Å². The number of hydrogen-bond acceptors (Lipinski definition) is 4. The number of ether oxygens (including phenoxy) is 1. The van der Waals surface area contributed by atoms with Crippen LogP contribution in [0.15, 0.2) is 30.3 Å². The van der Waals surface area contributed by atoms with E-state index in [0.29, 0.717) is 6.61 Å². The number of aliphatic hydroxyl groups excluding tert-OH is 1. The van der Waals surface area contributed by atoms with Crippen LogP contribution in [0.5, 0.6) is 0 Å². The lowest BCUT2D eigenvalue weighted by Gasteiger charge is -2.15. The van der Waals surface area contributed by atoms with Crippen molar-refractivity contribution in [3.8, 4) is 0 Å². The summed E-state index contributed by atoms with van der Waals surface area (Å²) in [5.41, 5.74) is 1.17. The van der Waals surface area contributed by atoms with Crippen LogP contribution in [0.3, 0.4) is 0 Å². The largest absolute Gasteiger partial charge is 0.466 e. The topological polar surface area (TPSA) is 107 Å². The van der Waals surface area contributed by atoms with E-state index < -0.39 is 7.82 Å². The lowest BCUT2D eigenvalue weighted by molar-refractivity contribution is 0.0174. The van der Waals surface area contributed by atoms with Gasteiger partial charge in [-0.1, -0.05) is 134 Å². The van der Waals surface area contributed by atoms with E-state index in [1.807, 2.05) is 30.0 Å². The highest BCUT2D eigenvalue weighted by molar-refractivity contribution is 7.99. The van der Waals surface area contributed by atoms with Gasteiger partial charge in [-0.3, -0.25) is 0 Å². The van der Waals surface area contributed by atoms with E-state index in [1.54, 1.807) is 0 Å². The van der Waals surface area contributed by atoms with Crippen LogP contribution in [-0.4, -0.2) is 44.0 Å². The van der Waals surface area contributed by atoms with Crippen molar-refractivity contribution in [3.05, 3.63) is 35.9 Å². The first-order chi connectivity index (χ1) is 17.4. The average Bonchev–Trinajstić information content (AvgIpc) is 2.84.